The summed E-state index contributed by atoms with van der Waals surface area (Å²) in [6, 6.07) is 5.18. The summed E-state index contributed by atoms with van der Waals surface area (Å²) in [4.78, 5) is 0. The van der Waals surface area contributed by atoms with Crippen LogP contribution in [0.2, 0.25) is 10.0 Å². The monoisotopic (exact) mass is 313 g/mol. The molecule has 0 spiro atoms. The van der Waals surface area contributed by atoms with Gasteiger partial charge in [-0.3, -0.25) is 0 Å². The second-order valence-corrected chi connectivity index (χ2v) is 5.74. The maximum absolute atomic E-state index is 11.1. The molecule has 0 aliphatic rings. The van der Waals surface area contributed by atoms with Crippen LogP contribution in [-0.2, 0) is 12.1 Å². The van der Waals surface area contributed by atoms with Crippen molar-refractivity contribution in [1.29, 1.82) is 0 Å². The number of unbranched alkanes of at least 4 members (excludes halogenated alkanes) is 1. The molecule has 0 aliphatic heterocycles. The molecule has 2 rings (SSSR count). The molecule has 0 saturated heterocycles. The number of nitrogens with zero attached hydrogens (tertiary/aromatic N) is 3. The molecule has 0 fully saturated rings. The van der Waals surface area contributed by atoms with Gasteiger partial charge in [0.05, 0.1) is 6.54 Å². The molecule has 108 valence electrons. The highest BCUT2D eigenvalue weighted by molar-refractivity contribution is 6.35. The van der Waals surface area contributed by atoms with Crippen LogP contribution in [0.15, 0.2) is 30.9 Å². The molecule has 0 radical (unpaired) electrons. The van der Waals surface area contributed by atoms with E-state index in [9.17, 15) is 5.11 Å². The van der Waals surface area contributed by atoms with Gasteiger partial charge in [-0.15, -0.1) is 10.2 Å². The van der Waals surface area contributed by atoms with Gasteiger partial charge < -0.3 is 9.67 Å². The predicted molar refractivity (Wildman–Crippen MR) is 79.9 cm³/mol. The number of aromatic nitrogens is 3. The lowest BCUT2D eigenvalue weighted by molar-refractivity contribution is 0.00750. The molecule has 1 heterocycles. The Kier molecular flexibility index (Phi) is 5.02. The Bertz CT molecular complexity index is 560. The van der Waals surface area contributed by atoms with Crippen molar-refractivity contribution in [3.05, 3.63) is 46.5 Å². The van der Waals surface area contributed by atoms with E-state index in [0.717, 1.165) is 12.8 Å². The highest BCUT2D eigenvalue weighted by atomic mass is 35.5. The van der Waals surface area contributed by atoms with Gasteiger partial charge in [-0.1, -0.05) is 49.0 Å². The summed E-state index contributed by atoms with van der Waals surface area (Å²) in [6.07, 6.45) is 5.68. The van der Waals surface area contributed by atoms with Crippen LogP contribution in [0.3, 0.4) is 0 Å². The van der Waals surface area contributed by atoms with E-state index in [1.165, 1.54) is 0 Å². The summed E-state index contributed by atoms with van der Waals surface area (Å²) < 4.78 is 1.75. The van der Waals surface area contributed by atoms with Gasteiger partial charge >= 0.3 is 0 Å². The van der Waals surface area contributed by atoms with E-state index in [4.69, 9.17) is 23.2 Å². The molecular formula is C14H17Cl2N3O. The zero-order chi connectivity index (χ0) is 14.6. The summed E-state index contributed by atoms with van der Waals surface area (Å²) in [5, 5.41) is 19.6. The van der Waals surface area contributed by atoms with Gasteiger partial charge in [0.1, 0.15) is 18.3 Å². The maximum atomic E-state index is 11.1. The number of halogens is 2. The van der Waals surface area contributed by atoms with Crippen molar-refractivity contribution in [2.45, 2.75) is 38.3 Å². The van der Waals surface area contributed by atoms with E-state index < -0.39 is 5.60 Å². The van der Waals surface area contributed by atoms with E-state index >= 15 is 0 Å². The first kappa shape index (κ1) is 15.3. The highest BCUT2D eigenvalue weighted by Gasteiger charge is 2.31. The summed E-state index contributed by atoms with van der Waals surface area (Å²) >= 11 is 12.2. The molecule has 1 N–H and O–H groups in total. The number of hydrogen-bond acceptors (Lipinski definition) is 3. The smallest absolute Gasteiger partial charge is 0.119 e. The first-order chi connectivity index (χ1) is 9.55. The lowest BCUT2D eigenvalue weighted by Gasteiger charge is -2.30. The zero-order valence-electron chi connectivity index (χ0n) is 11.3. The van der Waals surface area contributed by atoms with Crippen LogP contribution in [0.25, 0.3) is 0 Å². The van der Waals surface area contributed by atoms with Gasteiger partial charge in [0.25, 0.3) is 0 Å². The Labute approximate surface area is 128 Å². The molecule has 0 amide bonds. The van der Waals surface area contributed by atoms with Gasteiger partial charge in [0, 0.05) is 15.6 Å². The topological polar surface area (TPSA) is 50.9 Å². The van der Waals surface area contributed by atoms with E-state index in [2.05, 4.69) is 17.1 Å². The van der Waals surface area contributed by atoms with Crippen LogP contribution in [0.4, 0.5) is 0 Å². The highest BCUT2D eigenvalue weighted by Crippen LogP contribution is 2.35. The molecule has 1 aromatic carbocycles. The molecule has 1 aromatic heterocycles. The largest absolute Gasteiger partial charge is 0.383 e. The number of rotatable bonds is 6. The minimum Gasteiger partial charge on any atom is -0.383 e. The first-order valence-electron chi connectivity index (χ1n) is 6.55. The predicted octanol–water partition coefficient (Wildman–Crippen LogP) is 3.66. The molecule has 0 bridgehead atoms. The fourth-order valence-corrected chi connectivity index (χ4v) is 2.83. The summed E-state index contributed by atoms with van der Waals surface area (Å²) in [5.74, 6) is 0. The maximum Gasteiger partial charge on any atom is 0.119 e. The van der Waals surface area contributed by atoms with E-state index in [1.54, 1.807) is 35.4 Å². The minimum absolute atomic E-state index is 0.362. The summed E-state index contributed by atoms with van der Waals surface area (Å²) in [6.45, 7) is 2.45. The Morgan fingerprint density at radius 1 is 1.25 bits per heavy atom. The fraction of sp³-hybridized carbons (Fsp3) is 0.429. The molecule has 6 heteroatoms. The van der Waals surface area contributed by atoms with Crippen molar-refractivity contribution in [2.75, 3.05) is 0 Å². The first-order valence-corrected chi connectivity index (χ1v) is 7.31. The Morgan fingerprint density at radius 3 is 2.55 bits per heavy atom. The van der Waals surface area contributed by atoms with Gasteiger partial charge in [0.2, 0.25) is 0 Å². The molecule has 0 saturated carbocycles. The van der Waals surface area contributed by atoms with Crippen LogP contribution in [0, 0.1) is 0 Å². The summed E-state index contributed by atoms with van der Waals surface area (Å²) in [7, 11) is 0. The second kappa shape index (κ2) is 6.57. The van der Waals surface area contributed by atoms with E-state index in [0.29, 0.717) is 28.6 Å². The number of hydrogen-bond donors (Lipinski definition) is 1. The standard InChI is InChI=1S/C14H17Cl2N3O/c1-2-3-6-14(20,8-19-9-17-18-10-19)12-5-4-11(15)7-13(12)16/h4-5,7,9-10,20H,2-3,6,8H2,1H3. The van der Waals surface area contributed by atoms with Crippen molar-refractivity contribution in [1.82, 2.24) is 14.8 Å². The molecule has 4 nitrogen and oxygen atoms in total. The molecule has 20 heavy (non-hydrogen) atoms. The SMILES string of the molecule is CCCCC(O)(Cn1cnnc1)c1ccc(Cl)cc1Cl. The molecule has 0 aliphatic carbocycles. The van der Waals surface area contributed by atoms with Crippen LogP contribution < -0.4 is 0 Å². The van der Waals surface area contributed by atoms with E-state index in [1.807, 2.05) is 0 Å². The second-order valence-electron chi connectivity index (χ2n) is 4.89. The average molecular weight is 314 g/mol. The van der Waals surface area contributed by atoms with E-state index in [-0.39, 0.29) is 0 Å². The normalized spacial score (nSPS) is 14.2. The Balaban J connectivity index is 2.34. The molecule has 1 unspecified atom stereocenters. The summed E-state index contributed by atoms with van der Waals surface area (Å²) in [5.41, 5.74) is -0.370. The quantitative estimate of drug-likeness (QED) is 0.885. The van der Waals surface area contributed by atoms with Crippen molar-refractivity contribution >= 4 is 23.2 Å². The lowest BCUT2D eigenvalue weighted by atomic mass is 9.88. The third-order valence-electron chi connectivity index (χ3n) is 3.29. The minimum atomic E-state index is -1.06. The van der Waals surface area contributed by atoms with Crippen LogP contribution in [0.5, 0.6) is 0 Å². The van der Waals surface area contributed by atoms with Crippen molar-refractivity contribution < 1.29 is 5.11 Å². The van der Waals surface area contributed by atoms with Gasteiger partial charge in [0.15, 0.2) is 0 Å². The third kappa shape index (κ3) is 3.51. The Hall–Kier alpha value is -1.10. The number of benzene rings is 1. The average Bonchev–Trinajstić information content (AvgIpc) is 2.88. The van der Waals surface area contributed by atoms with Crippen LogP contribution >= 0.6 is 23.2 Å². The van der Waals surface area contributed by atoms with Crippen LogP contribution in [-0.4, -0.2) is 19.9 Å². The van der Waals surface area contributed by atoms with Gasteiger partial charge in [-0.05, 0) is 18.6 Å². The molecule has 1 atom stereocenters. The van der Waals surface area contributed by atoms with Gasteiger partial charge in [-0.25, -0.2) is 0 Å². The molecular weight excluding hydrogens is 297 g/mol. The zero-order valence-corrected chi connectivity index (χ0v) is 12.8. The van der Waals surface area contributed by atoms with Crippen molar-refractivity contribution in [2.24, 2.45) is 0 Å². The van der Waals surface area contributed by atoms with Crippen molar-refractivity contribution in [3.63, 3.8) is 0 Å². The lowest BCUT2D eigenvalue weighted by Crippen LogP contribution is -2.31. The fourth-order valence-electron chi connectivity index (χ4n) is 2.24. The Morgan fingerprint density at radius 2 is 1.95 bits per heavy atom. The van der Waals surface area contributed by atoms with Crippen LogP contribution in [0.1, 0.15) is 31.7 Å². The molecule has 2 aromatic rings. The third-order valence-corrected chi connectivity index (χ3v) is 3.83. The van der Waals surface area contributed by atoms with Gasteiger partial charge in [-0.2, -0.15) is 0 Å². The van der Waals surface area contributed by atoms with Crippen molar-refractivity contribution in [3.8, 4) is 0 Å². The number of aliphatic hydroxyl groups is 1.